The zero-order valence-electron chi connectivity index (χ0n) is 11.4. The zero-order chi connectivity index (χ0) is 15.2. The van der Waals surface area contributed by atoms with Crippen molar-refractivity contribution in [1.29, 1.82) is 0 Å². The molecule has 4 nitrogen and oxygen atoms in total. The lowest BCUT2D eigenvalue weighted by Gasteiger charge is -2.14. The van der Waals surface area contributed by atoms with Gasteiger partial charge in [-0.05, 0) is 18.6 Å². The highest BCUT2D eigenvalue weighted by Gasteiger charge is 2.14. The first-order chi connectivity index (χ1) is 10.1. The van der Waals surface area contributed by atoms with E-state index in [4.69, 9.17) is 23.2 Å². The molecule has 0 spiro atoms. The maximum atomic E-state index is 12.1. The van der Waals surface area contributed by atoms with Crippen LogP contribution in [0.15, 0.2) is 42.6 Å². The fourth-order valence-corrected chi connectivity index (χ4v) is 2.11. The smallest absolute Gasteiger partial charge is 0.241 e. The fraction of sp³-hybridized carbons (Fsp3) is 0.200. The van der Waals surface area contributed by atoms with Gasteiger partial charge in [-0.25, -0.2) is 4.98 Å². The molecule has 0 saturated carbocycles. The number of aromatic nitrogens is 1. The minimum atomic E-state index is -0.364. The van der Waals surface area contributed by atoms with Crippen molar-refractivity contribution < 1.29 is 4.79 Å². The van der Waals surface area contributed by atoms with Crippen molar-refractivity contribution in [3.8, 4) is 0 Å². The molecule has 1 heterocycles. The van der Waals surface area contributed by atoms with Crippen molar-refractivity contribution >= 4 is 34.8 Å². The number of halogens is 2. The monoisotopic (exact) mass is 323 g/mol. The zero-order valence-corrected chi connectivity index (χ0v) is 12.9. The molecular formula is C15H15Cl2N3O. The Hall–Kier alpha value is -1.62. The van der Waals surface area contributed by atoms with Crippen LogP contribution in [0.2, 0.25) is 10.2 Å². The van der Waals surface area contributed by atoms with Crippen LogP contribution in [0.4, 0.5) is 5.69 Å². The number of anilines is 1. The molecule has 2 rings (SSSR count). The SMILES string of the molecule is C[C@H](NCc1ccccc1)C(=O)Nc1cnc(Cl)cc1Cl. The highest BCUT2D eigenvalue weighted by atomic mass is 35.5. The van der Waals surface area contributed by atoms with Crippen LogP contribution in [0.1, 0.15) is 12.5 Å². The summed E-state index contributed by atoms with van der Waals surface area (Å²) in [5, 5.41) is 6.51. The summed E-state index contributed by atoms with van der Waals surface area (Å²) in [6, 6.07) is 11.0. The summed E-state index contributed by atoms with van der Waals surface area (Å²) in [4.78, 5) is 16.0. The maximum absolute atomic E-state index is 12.1. The Kier molecular flexibility index (Phi) is 5.56. The molecule has 1 aromatic heterocycles. The molecule has 0 aliphatic carbocycles. The van der Waals surface area contributed by atoms with Crippen molar-refractivity contribution in [3.63, 3.8) is 0 Å². The average molecular weight is 324 g/mol. The van der Waals surface area contributed by atoms with Crippen LogP contribution in [-0.4, -0.2) is 16.9 Å². The number of pyridine rings is 1. The number of hydrogen-bond donors (Lipinski definition) is 2. The number of amides is 1. The summed E-state index contributed by atoms with van der Waals surface area (Å²) in [6.07, 6.45) is 1.44. The lowest BCUT2D eigenvalue weighted by molar-refractivity contribution is -0.117. The van der Waals surface area contributed by atoms with Crippen molar-refractivity contribution in [3.05, 3.63) is 58.3 Å². The number of nitrogens with zero attached hydrogens (tertiary/aromatic N) is 1. The Morgan fingerprint density at radius 1 is 1.29 bits per heavy atom. The van der Waals surface area contributed by atoms with Gasteiger partial charge in [0, 0.05) is 6.54 Å². The van der Waals surface area contributed by atoms with Gasteiger partial charge in [-0.3, -0.25) is 4.79 Å². The maximum Gasteiger partial charge on any atom is 0.241 e. The quantitative estimate of drug-likeness (QED) is 0.828. The molecule has 1 aromatic carbocycles. The highest BCUT2D eigenvalue weighted by molar-refractivity contribution is 6.36. The molecule has 21 heavy (non-hydrogen) atoms. The van der Waals surface area contributed by atoms with Crippen LogP contribution in [0, 0.1) is 0 Å². The van der Waals surface area contributed by atoms with Crippen LogP contribution in [0.5, 0.6) is 0 Å². The van der Waals surface area contributed by atoms with Gasteiger partial charge in [-0.2, -0.15) is 0 Å². The normalized spacial score (nSPS) is 12.0. The standard InChI is InChI=1S/C15H15Cl2N3O/c1-10(18-8-11-5-3-2-4-6-11)15(21)20-13-9-19-14(17)7-12(13)16/h2-7,9-10,18H,8H2,1H3,(H,20,21)/t10-/m0/s1. The summed E-state index contributed by atoms with van der Waals surface area (Å²) < 4.78 is 0. The second-order valence-corrected chi connectivity index (χ2v) is 5.36. The summed E-state index contributed by atoms with van der Waals surface area (Å²) in [5.41, 5.74) is 1.56. The molecule has 0 aliphatic heterocycles. The van der Waals surface area contributed by atoms with Gasteiger partial charge >= 0.3 is 0 Å². The average Bonchev–Trinajstić information content (AvgIpc) is 2.48. The Balaban J connectivity index is 1.90. The van der Waals surface area contributed by atoms with Gasteiger partial charge < -0.3 is 10.6 Å². The van der Waals surface area contributed by atoms with E-state index in [0.717, 1.165) is 5.56 Å². The third kappa shape index (κ3) is 4.70. The fourth-order valence-electron chi connectivity index (χ4n) is 1.70. The minimum Gasteiger partial charge on any atom is -0.322 e. The van der Waals surface area contributed by atoms with Gasteiger partial charge in [-0.15, -0.1) is 0 Å². The lowest BCUT2D eigenvalue weighted by atomic mass is 10.2. The molecule has 0 saturated heterocycles. The van der Waals surface area contributed by atoms with Gasteiger partial charge in [0.15, 0.2) is 0 Å². The van der Waals surface area contributed by atoms with Crippen LogP contribution >= 0.6 is 23.2 Å². The Morgan fingerprint density at radius 3 is 2.67 bits per heavy atom. The molecular weight excluding hydrogens is 309 g/mol. The molecule has 0 aliphatic rings. The number of benzene rings is 1. The van der Waals surface area contributed by atoms with E-state index in [-0.39, 0.29) is 17.1 Å². The second kappa shape index (κ2) is 7.41. The first-order valence-corrected chi connectivity index (χ1v) is 7.21. The summed E-state index contributed by atoms with van der Waals surface area (Å²) >= 11 is 11.7. The van der Waals surface area contributed by atoms with E-state index in [2.05, 4.69) is 15.6 Å². The topological polar surface area (TPSA) is 54.0 Å². The molecule has 0 bridgehead atoms. The summed E-state index contributed by atoms with van der Waals surface area (Å²) in [5.74, 6) is -0.183. The van der Waals surface area contributed by atoms with Gasteiger partial charge in [0.05, 0.1) is 22.9 Å². The molecule has 0 fully saturated rings. The van der Waals surface area contributed by atoms with Gasteiger partial charge in [-0.1, -0.05) is 53.5 Å². The predicted molar refractivity (Wildman–Crippen MR) is 85.6 cm³/mol. The van der Waals surface area contributed by atoms with E-state index in [1.165, 1.54) is 12.3 Å². The van der Waals surface area contributed by atoms with E-state index in [1.54, 1.807) is 6.92 Å². The summed E-state index contributed by atoms with van der Waals surface area (Å²) in [6.45, 7) is 2.40. The Labute approximate surface area is 133 Å². The summed E-state index contributed by atoms with van der Waals surface area (Å²) in [7, 11) is 0. The molecule has 2 aromatic rings. The van der Waals surface area contributed by atoms with Gasteiger partial charge in [0.2, 0.25) is 5.91 Å². The molecule has 1 atom stereocenters. The molecule has 2 N–H and O–H groups in total. The van der Waals surface area contributed by atoms with Crippen LogP contribution < -0.4 is 10.6 Å². The van der Waals surface area contributed by atoms with Gasteiger partial charge in [0.1, 0.15) is 5.15 Å². The number of rotatable bonds is 5. The molecule has 6 heteroatoms. The van der Waals surface area contributed by atoms with Crippen molar-refractivity contribution in [1.82, 2.24) is 10.3 Å². The third-order valence-electron chi connectivity index (χ3n) is 2.93. The van der Waals surface area contributed by atoms with E-state index in [9.17, 15) is 4.79 Å². The largest absolute Gasteiger partial charge is 0.322 e. The minimum absolute atomic E-state index is 0.183. The van der Waals surface area contributed by atoms with Crippen molar-refractivity contribution in [2.24, 2.45) is 0 Å². The van der Waals surface area contributed by atoms with Gasteiger partial charge in [0.25, 0.3) is 0 Å². The number of carbonyl (C=O) groups excluding carboxylic acids is 1. The van der Waals surface area contributed by atoms with E-state index < -0.39 is 0 Å². The number of hydrogen-bond acceptors (Lipinski definition) is 3. The molecule has 0 unspecified atom stereocenters. The number of nitrogens with one attached hydrogen (secondary N) is 2. The van der Waals surface area contributed by atoms with E-state index >= 15 is 0 Å². The van der Waals surface area contributed by atoms with E-state index in [0.29, 0.717) is 17.3 Å². The molecule has 110 valence electrons. The first kappa shape index (κ1) is 15.8. The van der Waals surface area contributed by atoms with Crippen LogP contribution in [-0.2, 0) is 11.3 Å². The molecule has 1 amide bonds. The van der Waals surface area contributed by atoms with Crippen LogP contribution in [0.25, 0.3) is 0 Å². The number of carbonyl (C=O) groups is 1. The Morgan fingerprint density at radius 2 is 2.00 bits per heavy atom. The van der Waals surface area contributed by atoms with E-state index in [1.807, 2.05) is 30.3 Å². The third-order valence-corrected chi connectivity index (χ3v) is 3.45. The van der Waals surface area contributed by atoms with Crippen molar-refractivity contribution in [2.45, 2.75) is 19.5 Å². The first-order valence-electron chi connectivity index (χ1n) is 6.45. The molecule has 0 radical (unpaired) electrons. The van der Waals surface area contributed by atoms with Crippen molar-refractivity contribution in [2.75, 3.05) is 5.32 Å². The highest BCUT2D eigenvalue weighted by Crippen LogP contribution is 2.23. The Bertz CT molecular complexity index is 620. The lowest BCUT2D eigenvalue weighted by Crippen LogP contribution is -2.37. The second-order valence-electron chi connectivity index (χ2n) is 4.56. The predicted octanol–water partition coefficient (Wildman–Crippen LogP) is 3.51. The van der Waals surface area contributed by atoms with Crippen LogP contribution in [0.3, 0.4) is 0 Å².